The summed E-state index contributed by atoms with van der Waals surface area (Å²) >= 11 is 6.06. The van der Waals surface area contributed by atoms with E-state index < -0.39 is 0 Å². The van der Waals surface area contributed by atoms with Gasteiger partial charge in [0.05, 0.1) is 0 Å². The Morgan fingerprint density at radius 1 is 1.00 bits per heavy atom. The van der Waals surface area contributed by atoms with Crippen LogP contribution in [0.4, 0.5) is 0 Å². The van der Waals surface area contributed by atoms with Crippen LogP contribution in [0.2, 0.25) is 5.02 Å². The molecule has 0 unspecified atom stereocenters. The van der Waals surface area contributed by atoms with Gasteiger partial charge < -0.3 is 9.30 Å². The van der Waals surface area contributed by atoms with Crippen molar-refractivity contribution in [3.63, 3.8) is 0 Å². The summed E-state index contributed by atoms with van der Waals surface area (Å²) in [6.07, 6.45) is 5.54. The number of halogens is 1. The number of benzene rings is 2. The normalized spacial score (nSPS) is 13.7. The highest BCUT2D eigenvalue weighted by atomic mass is 35.5. The van der Waals surface area contributed by atoms with Crippen molar-refractivity contribution in [2.45, 2.75) is 32.4 Å². The molecule has 4 nitrogen and oxygen atoms in total. The molecule has 0 saturated carbocycles. The van der Waals surface area contributed by atoms with Crippen LogP contribution in [-0.4, -0.2) is 14.2 Å². The second-order valence-electron chi connectivity index (χ2n) is 6.92. The van der Waals surface area contributed by atoms with Crippen molar-refractivity contribution in [3.8, 4) is 16.9 Å². The summed E-state index contributed by atoms with van der Waals surface area (Å²) in [7, 11) is 0. The highest BCUT2D eigenvalue weighted by molar-refractivity contribution is 6.30. The Kier molecular flexibility index (Phi) is 4.13. The number of rotatable bonds is 4. The van der Waals surface area contributed by atoms with Gasteiger partial charge in [-0.1, -0.05) is 41.9 Å². The summed E-state index contributed by atoms with van der Waals surface area (Å²) in [5, 5.41) is 5.59. The molecule has 3 heterocycles. The molecule has 0 N–H and O–H groups in total. The highest BCUT2D eigenvalue weighted by Crippen LogP contribution is 2.33. The molecule has 27 heavy (non-hydrogen) atoms. The van der Waals surface area contributed by atoms with Crippen LogP contribution in [0.15, 0.2) is 60.8 Å². The average Bonchev–Trinajstić information content (AvgIpc) is 3.11. The predicted molar refractivity (Wildman–Crippen MR) is 107 cm³/mol. The molecule has 0 spiro atoms. The highest BCUT2D eigenvalue weighted by Gasteiger charge is 2.22. The molecule has 0 radical (unpaired) electrons. The van der Waals surface area contributed by atoms with Gasteiger partial charge in [-0.3, -0.25) is 0 Å². The molecule has 0 saturated heterocycles. The van der Waals surface area contributed by atoms with Gasteiger partial charge in [-0.05, 0) is 49.1 Å². The van der Waals surface area contributed by atoms with E-state index in [4.69, 9.17) is 21.4 Å². The third kappa shape index (κ3) is 3.00. The van der Waals surface area contributed by atoms with Gasteiger partial charge in [-0.25, -0.2) is 4.52 Å². The van der Waals surface area contributed by atoms with E-state index in [2.05, 4.69) is 22.9 Å². The zero-order valence-corrected chi connectivity index (χ0v) is 15.7. The first-order valence-corrected chi connectivity index (χ1v) is 9.71. The third-order valence-electron chi connectivity index (χ3n) is 5.18. The fourth-order valence-corrected chi connectivity index (χ4v) is 4.01. The van der Waals surface area contributed by atoms with E-state index in [1.165, 1.54) is 28.8 Å². The minimum absolute atomic E-state index is 0.474. The summed E-state index contributed by atoms with van der Waals surface area (Å²) < 4.78 is 10.3. The number of aryl methyl sites for hydroxylation is 2. The Hall–Kier alpha value is -2.72. The van der Waals surface area contributed by atoms with Gasteiger partial charge in [0, 0.05) is 28.9 Å². The standard InChI is InChI=1S/C22H20ClN3O/c23-17-11-9-16(10-12-17)20-14-26-22-19(20)8-4-5-13-25(22)21(24-26)15-27-18-6-2-1-3-7-18/h1-3,6-7,9-12,14H,4-5,8,13,15H2. The Bertz CT molecular complexity index is 1080. The van der Waals surface area contributed by atoms with Gasteiger partial charge in [0.2, 0.25) is 0 Å². The maximum absolute atomic E-state index is 6.06. The minimum atomic E-state index is 0.474. The molecule has 1 aliphatic heterocycles. The van der Waals surface area contributed by atoms with Crippen LogP contribution < -0.4 is 4.74 Å². The monoisotopic (exact) mass is 377 g/mol. The van der Waals surface area contributed by atoms with E-state index in [1.807, 2.05) is 47.0 Å². The smallest absolute Gasteiger partial charge is 0.169 e. The quantitative estimate of drug-likeness (QED) is 0.478. The van der Waals surface area contributed by atoms with Gasteiger partial charge in [-0.15, -0.1) is 5.10 Å². The van der Waals surface area contributed by atoms with Crippen molar-refractivity contribution in [1.82, 2.24) is 14.2 Å². The summed E-state index contributed by atoms with van der Waals surface area (Å²) in [6.45, 7) is 1.45. The molecule has 1 aliphatic rings. The molecule has 0 fully saturated rings. The van der Waals surface area contributed by atoms with E-state index >= 15 is 0 Å². The van der Waals surface area contributed by atoms with Crippen LogP contribution in [0, 0.1) is 0 Å². The topological polar surface area (TPSA) is 31.5 Å². The molecular weight excluding hydrogens is 358 g/mol. The minimum Gasteiger partial charge on any atom is -0.486 e. The number of ether oxygens (including phenoxy) is 1. The first kappa shape index (κ1) is 16.5. The molecule has 5 rings (SSSR count). The predicted octanol–water partition coefficient (Wildman–Crippen LogP) is 5.37. The van der Waals surface area contributed by atoms with Gasteiger partial charge in [0.15, 0.2) is 5.82 Å². The summed E-state index contributed by atoms with van der Waals surface area (Å²) in [6, 6.07) is 18.0. The van der Waals surface area contributed by atoms with Crippen LogP contribution in [0.25, 0.3) is 16.8 Å². The Morgan fingerprint density at radius 3 is 2.63 bits per heavy atom. The molecule has 136 valence electrons. The van der Waals surface area contributed by atoms with E-state index in [1.54, 1.807) is 0 Å². The third-order valence-corrected chi connectivity index (χ3v) is 5.43. The van der Waals surface area contributed by atoms with Crippen molar-refractivity contribution < 1.29 is 4.74 Å². The molecule has 5 heteroatoms. The van der Waals surface area contributed by atoms with Gasteiger partial charge >= 0.3 is 0 Å². The number of nitrogens with zero attached hydrogens (tertiary/aromatic N) is 3. The molecule has 0 amide bonds. The number of aromatic nitrogens is 3. The Morgan fingerprint density at radius 2 is 1.81 bits per heavy atom. The molecule has 0 atom stereocenters. The lowest BCUT2D eigenvalue weighted by Gasteiger charge is -2.08. The summed E-state index contributed by atoms with van der Waals surface area (Å²) in [5.41, 5.74) is 5.01. The van der Waals surface area contributed by atoms with Crippen molar-refractivity contribution >= 4 is 17.2 Å². The van der Waals surface area contributed by atoms with Gasteiger partial charge in [0.1, 0.15) is 18.0 Å². The van der Waals surface area contributed by atoms with E-state index in [9.17, 15) is 0 Å². The first-order chi connectivity index (χ1) is 13.3. The SMILES string of the molecule is Clc1ccc(-c2cn3nc(COc4ccccc4)n4c3c2CCCC4)cc1. The maximum atomic E-state index is 6.06. The lowest BCUT2D eigenvalue weighted by molar-refractivity contribution is 0.288. The lowest BCUT2D eigenvalue weighted by Crippen LogP contribution is -2.07. The van der Waals surface area contributed by atoms with Crippen LogP contribution in [-0.2, 0) is 19.6 Å². The van der Waals surface area contributed by atoms with Crippen LogP contribution in [0.1, 0.15) is 24.2 Å². The second kappa shape index (κ2) is 6.78. The molecule has 2 aromatic carbocycles. The van der Waals surface area contributed by atoms with E-state index in [0.29, 0.717) is 6.61 Å². The Balaban J connectivity index is 1.54. The average molecular weight is 378 g/mol. The maximum Gasteiger partial charge on any atom is 0.169 e. The van der Waals surface area contributed by atoms with Gasteiger partial charge in [0.25, 0.3) is 0 Å². The zero-order valence-electron chi connectivity index (χ0n) is 14.9. The number of hydrogen-bond acceptors (Lipinski definition) is 2. The molecular formula is C22H20ClN3O. The van der Waals surface area contributed by atoms with Crippen molar-refractivity contribution in [2.24, 2.45) is 0 Å². The molecule has 4 aromatic rings. The first-order valence-electron chi connectivity index (χ1n) is 9.33. The molecule has 0 aliphatic carbocycles. The van der Waals surface area contributed by atoms with E-state index in [-0.39, 0.29) is 0 Å². The van der Waals surface area contributed by atoms with Crippen LogP contribution in [0.3, 0.4) is 0 Å². The van der Waals surface area contributed by atoms with Crippen LogP contribution >= 0.6 is 11.6 Å². The van der Waals surface area contributed by atoms with Crippen molar-refractivity contribution in [2.75, 3.05) is 0 Å². The largest absolute Gasteiger partial charge is 0.486 e. The fraction of sp³-hybridized carbons (Fsp3) is 0.227. The van der Waals surface area contributed by atoms with Crippen molar-refractivity contribution in [3.05, 3.63) is 77.2 Å². The Labute approximate surface area is 163 Å². The summed E-state index contributed by atoms with van der Waals surface area (Å²) in [4.78, 5) is 0. The molecule has 0 bridgehead atoms. The molecule has 2 aromatic heterocycles. The van der Waals surface area contributed by atoms with Crippen molar-refractivity contribution in [1.29, 1.82) is 0 Å². The fourth-order valence-electron chi connectivity index (χ4n) is 3.89. The summed E-state index contributed by atoms with van der Waals surface area (Å²) in [5.74, 6) is 1.84. The van der Waals surface area contributed by atoms with E-state index in [0.717, 1.165) is 36.0 Å². The number of para-hydroxylation sites is 1. The number of hydrogen-bond donors (Lipinski definition) is 0. The lowest BCUT2D eigenvalue weighted by atomic mass is 10.0. The van der Waals surface area contributed by atoms with Crippen LogP contribution in [0.5, 0.6) is 5.75 Å². The van der Waals surface area contributed by atoms with Gasteiger partial charge in [-0.2, -0.15) is 0 Å². The zero-order chi connectivity index (χ0) is 18.2. The second-order valence-corrected chi connectivity index (χ2v) is 7.36.